The van der Waals surface area contributed by atoms with Gasteiger partial charge in [0.25, 0.3) is 0 Å². The third kappa shape index (κ3) is 17.6. The molecule has 0 radical (unpaired) electrons. The second-order valence-corrected chi connectivity index (χ2v) is 8.89. The van der Waals surface area contributed by atoms with Crippen molar-refractivity contribution < 1.29 is 29.0 Å². The van der Waals surface area contributed by atoms with E-state index >= 15 is 0 Å². The molecule has 0 aromatic rings. The Morgan fingerprint density at radius 3 is 1.59 bits per heavy atom. The number of nitrogens with one attached hydrogen (secondary N) is 2. The summed E-state index contributed by atoms with van der Waals surface area (Å²) >= 11 is 0. The van der Waals surface area contributed by atoms with Crippen LogP contribution in [0.15, 0.2) is 0 Å². The molecule has 0 aliphatic rings. The van der Waals surface area contributed by atoms with Crippen LogP contribution in [0.2, 0.25) is 0 Å². The molecule has 0 rings (SSSR count). The van der Waals surface area contributed by atoms with Crippen LogP contribution >= 0.6 is 0 Å². The molecule has 9 nitrogen and oxygen atoms in total. The fourth-order valence-corrected chi connectivity index (χ4v) is 2.36. The molecule has 29 heavy (non-hydrogen) atoms. The van der Waals surface area contributed by atoms with Crippen molar-refractivity contribution in [3.8, 4) is 0 Å². The molecular formula is C20H39N3O6. The highest BCUT2D eigenvalue weighted by Gasteiger charge is 2.17. The van der Waals surface area contributed by atoms with Crippen molar-refractivity contribution in [2.75, 3.05) is 26.2 Å². The van der Waals surface area contributed by atoms with Crippen LogP contribution in [0.25, 0.3) is 0 Å². The second kappa shape index (κ2) is 13.1. The van der Waals surface area contributed by atoms with Gasteiger partial charge in [-0.1, -0.05) is 12.8 Å². The lowest BCUT2D eigenvalue weighted by Gasteiger charge is -2.21. The van der Waals surface area contributed by atoms with Gasteiger partial charge in [0.2, 0.25) is 0 Å². The minimum Gasteiger partial charge on any atom is -0.465 e. The number of rotatable bonds is 11. The Morgan fingerprint density at radius 1 is 0.724 bits per heavy atom. The fraction of sp³-hybridized carbons (Fsp3) is 0.850. The van der Waals surface area contributed by atoms with Gasteiger partial charge in [-0.05, 0) is 60.8 Å². The van der Waals surface area contributed by atoms with Crippen molar-refractivity contribution in [2.45, 2.75) is 84.8 Å². The van der Waals surface area contributed by atoms with Gasteiger partial charge >= 0.3 is 18.3 Å². The average Bonchev–Trinajstić information content (AvgIpc) is 2.52. The number of hydrogen-bond acceptors (Lipinski definition) is 5. The molecule has 0 aromatic carbocycles. The first-order valence-electron chi connectivity index (χ1n) is 10.2. The SMILES string of the molecule is CC(C)(C)OC(=O)NCCCCCCN(CCCNC(=O)OC(C)(C)C)C(=O)O. The summed E-state index contributed by atoms with van der Waals surface area (Å²) in [5.41, 5.74) is -1.06. The Labute approximate surface area is 174 Å². The van der Waals surface area contributed by atoms with Gasteiger partial charge in [0.1, 0.15) is 11.2 Å². The summed E-state index contributed by atoms with van der Waals surface area (Å²) in [5.74, 6) is 0. The molecule has 170 valence electrons. The number of ether oxygens (including phenoxy) is 2. The van der Waals surface area contributed by atoms with E-state index in [9.17, 15) is 19.5 Å². The first-order valence-corrected chi connectivity index (χ1v) is 10.2. The zero-order valence-electron chi connectivity index (χ0n) is 18.8. The predicted octanol–water partition coefficient (Wildman–Crippen LogP) is 3.97. The van der Waals surface area contributed by atoms with E-state index in [2.05, 4.69) is 10.6 Å². The molecule has 0 unspecified atom stereocenters. The van der Waals surface area contributed by atoms with Crippen LogP contribution in [0.3, 0.4) is 0 Å². The quantitative estimate of drug-likeness (QED) is 0.438. The van der Waals surface area contributed by atoms with Crippen LogP contribution in [0, 0.1) is 0 Å². The van der Waals surface area contributed by atoms with Crippen molar-refractivity contribution in [1.29, 1.82) is 0 Å². The lowest BCUT2D eigenvalue weighted by Crippen LogP contribution is -2.36. The molecule has 0 atom stereocenters. The first-order chi connectivity index (χ1) is 13.3. The summed E-state index contributed by atoms with van der Waals surface area (Å²) in [7, 11) is 0. The maximum Gasteiger partial charge on any atom is 0.407 e. The summed E-state index contributed by atoms with van der Waals surface area (Å²) in [6, 6.07) is 0. The lowest BCUT2D eigenvalue weighted by atomic mass is 10.2. The van der Waals surface area contributed by atoms with E-state index in [0.29, 0.717) is 32.6 Å². The van der Waals surface area contributed by atoms with Gasteiger partial charge in [-0.2, -0.15) is 0 Å². The van der Waals surface area contributed by atoms with Crippen LogP contribution < -0.4 is 10.6 Å². The average molecular weight is 418 g/mol. The van der Waals surface area contributed by atoms with Gasteiger partial charge in [-0.3, -0.25) is 0 Å². The third-order valence-electron chi connectivity index (χ3n) is 3.57. The second-order valence-electron chi connectivity index (χ2n) is 8.89. The van der Waals surface area contributed by atoms with E-state index in [4.69, 9.17) is 9.47 Å². The summed E-state index contributed by atoms with van der Waals surface area (Å²) in [5, 5.41) is 14.6. The predicted molar refractivity (Wildman–Crippen MR) is 111 cm³/mol. The minimum atomic E-state index is -0.964. The Morgan fingerprint density at radius 2 is 1.14 bits per heavy atom. The molecule has 0 aliphatic heterocycles. The molecule has 0 heterocycles. The van der Waals surface area contributed by atoms with E-state index < -0.39 is 29.5 Å². The van der Waals surface area contributed by atoms with Gasteiger partial charge in [0, 0.05) is 26.2 Å². The molecule has 0 bridgehead atoms. The normalized spacial score (nSPS) is 11.5. The zero-order valence-corrected chi connectivity index (χ0v) is 18.8. The molecule has 0 spiro atoms. The third-order valence-corrected chi connectivity index (χ3v) is 3.57. The molecule has 9 heteroatoms. The Balaban J connectivity index is 3.83. The molecule has 3 N–H and O–H groups in total. The number of nitrogens with zero attached hydrogens (tertiary/aromatic N) is 1. The molecular weight excluding hydrogens is 378 g/mol. The van der Waals surface area contributed by atoms with Crippen molar-refractivity contribution in [2.24, 2.45) is 0 Å². The maximum absolute atomic E-state index is 11.5. The maximum atomic E-state index is 11.5. The van der Waals surface area contributed by atoms with Crippen molar-refractivity contribution >= 4 is 18.3 Å². The summed E-state index contributed by atoms with van der Waals surface area (Å²) in [6.45, 7) is 12.5. The minimum absolute atomic E-state index is 0.353. The monoisotopic (exact) mass is 417 g/mol. The van der Waals surface area contributed by atoms with Crippen molar-refractivity contribution in [3.63, 3.8) is 0 Å². The van der Waals surface area contributed by atoms with Gasteiger partial charge in [-0.15, -0.1) is 0 Å². The number of carbonyl (C=O) groups excluding carboxylic acids is 2. The number of alkyl carbamates (subject to hydrolysis) is 2. The number of carbonyl (C=O) groups is 3. The van der Waals surface area contributed by atoms with E-state index in [-0.39, 0.29) is 0 Å². The van der Waals surface area contributed by atoms with Crippen molar-refractivity contribution in [1.82, 2.24) is 15.5 Å². The van der Waals surface area contributed by atoms with Gasteiger partial charge in [-0.25, -0.2) is 14.4 Å². The number of unbranched alkanes of at least 4 members (excludes halogenated alkanes) is 3. The van der Waals surface area contributed by atoms with Crippen LogP contribution in [0.4, 0.5) is 14.4 Å². The molecule has 0 saturated carbocycles. The van der Waals surface area contributed by atoms with E-state index in [1.54, 1.807) is 20.8 Å². The number of carboxylic acid groups (broad SMARTS) is 1. The topological polar surface area (TPSA) is 117 Å². The Bertz CT molecular complexity index is 511. The highest BCUT2D eigenvalue weighted by atomic mass is 16.6. The van der Waals surface area contributed by atoms with Gasteiger partial charge in [0.15, 0.2) is 0 Å². The van der Waals surface area contributed by atoms with Crippen LogP contribution in [-0.2, 0) is 9.47 Å². The van der Waals surface area contributed by atoms with Crippen LogP contribution in [-0.4, -0.2) is 65.7 Å². The number of hydrogen-bond donors (Lipinski definition) is 3. The lowest BCUT2D eigenvalue weighted by molar-refractivity contribution is 0.0514. The highest BCUT2D eigenvalue weighted by molar-refractivity contribution is 5.68. The standard InChI is InChI=1S/C20H39N3O6/c1-19(2,3)28-16(24)21-12-9-7-8-10-14-23(18(26)27)15-11-13-22-17(25)29-20(4,5)6/h7-15H2,1-6H3,(H,21,24)(H,22,25)(H,26,27). The largest absolute Gasteiger partial charge is 0.465 e. The highest BCUT2D eigenvalue weighted by Crippen LogP contribution is 2.08. The number of amides is 3. The van der Waals surface area contributed by atoms with E-state index in [1.165, 1.54) is 4.90 Å². The van der Waals surface area contributed by atoms with Crippen LogP contribution in [0.5, 0.6) is 0 Å². The summed E-state index contributed by atoms with van der Waals surface area (Å²) in [6.07, 6.45) is 1.96. The Kier molecular flexibility index (Phi) is 12.1. The first kappa shape index (κ1) is 26.8. The summed E-state index contributed by atoms with van der Waals surface area (Å²) in [4.78, 5) is 35.7. The Hall–Kier alpha value is -2.19. The van der Waals surface area contributed by atoms with E-state index in [1.807, 2.05) is 20.8 Å². The zero-order chi connectivity index (χ0) is 22.5. The fourth-order valence-electron chi connectivity index (χ4n) is 2.36. The van der Waals surface area contributed by atoms with E-state index in [0.717, 1.165) is 25.7 Å². The van der Waals surface area contributed by atoms with Gasteiger partial charge in [0.05, 0.1) is 0 Å². The molecule has 3 amide bonds. The molecule has 0 fully saturated rings. The van der Waals surface area contributed by atoms with Crippen LogP contribution in [0.1, 0.15) is 73.6 Å². The van der Waals surface area contributed by atoms with Gasteiger partial charge < -0.3 is 30.1 Å². The molecule has 0 saturated heterocycles. The smallest absolute Gasteiger partial charge is 0.407 e. The van der Waals surface area contributed by atoms with Crippen molar-refractivity contribution in [3.05, 3.63) is 0 Å². The summed E-state index contributed by atoms with van der Waals surface area (Å²) < 4.78 is 10.3. The molecule has 0 aliphatic carbocycles. The molecule has 0 aromatic heterocycles.